The number of anilines is 2. The maximum Gasteiger partial charge on any atom is 0.312 e. The van der Waals surface area contributed by atoms with Crippen LogP contribution < -0.4 is 10.6 Å². The number of nitro groups is 1. The van der Waals surface area contributed by atoms with Crippen LogP contribution in [-0.4, -0.2) is 64.3 Å². The molecule has 1 aliphatic rings. The molecule has 11 nitrogen and oxygen atoms in total. The van der Waals surface area contributed by atoms with Gasteiger partial charge >= 0.3 is 5.69 Å². The predicted octanol–water partition coefficient (Wildman–Crippen LogP) is 1.85. The van der Waals surface area contributed by atoms with Crippen molar-refractivity contribution in [1.29, 1.82) is 0 Å². The van der Waals surface area contributed by atoms with Gasteiger partial charge < -0.3 is 15.4 Å². The quantitative estimate of drug-likeness (QED) is 0.465. The Bertz CT molecular complexity index is 1020. The van der Waals surface area contributed by atoms with Gasteiger partial charge in [-0.25, -0.2) is 4.39 Å². The molecule has 1 saturated heterocycles. The highest BCUT2D eigenvalue weighted by molar-refractivity contribution is 5.94. The van der Waals surface area contributed by atoms with Gasteiger partial charge in [-0.05, 0) is 32.0 Å². The molecule has 0 radical (unpaired) electrons. The molecule has 1 aromatic carbocycles. The first kappa shape index (κ1) is 23.3. The topological polar surface area (TPSA) is 132 Å². The average molecular weight is 448 g/mol. The Kier molecular flexibility index (Phi) is 7.49. The van der Waals surface area contributed by atoms with Gasteiger partial charge in [-0.3, -0.25) is 29.3 Å². The molecule has 0 unspecified atom stereocenters. The summed E-state index contributed by atoms with van der Waals surface area (Å²) < 4.78 is 20.7. The van der Waals surface area contributed by atoms with Gasteiger partial charge in [0.1, 0.15) is 23.7 Å². The minimum atomic E-state index is -0.628. The molecule has 2 aromatic rings. The number of aryl methyl sites for hydroxylation is 1. The van der Waals surface area contributed by atoms with Crippen LogP contribution >= 0.6 is 0 Å². The van der Waals surface area contributed by atoms with E-state index in [2.05, 4.69) is 20.6 Å². The van der Waals surface area contributed by atoms with Crippen LogP contribution in [0.15, 0.2) is 18.2 Å². The van der Waals surface area contributed by atoms with E-state index < -0.39 is 16.6 Å². The molecule has 1 aromatic heterocycles. The molecule has 32 heavy (non-hydrogen) atoms. The zero-order valence-corrected chi connectivity index (χ0v) is 17.9. The van der Waals surface area contributed by atoms with Gasteiger partial charge in [0.05, 0.1) is 23.8 Å². The number of nitrogens with one attached hydrogen (secondary N) is 2. The van der Waals surface area contributed by atoms with Crippen molar-refractivity contribution >= 4 is 28.9 Å². The van der Waals surface area contributed by atoms with E-state index in [4.69, 9.17) is 4.74 Å². The van der Waals surface area contributed by atoms with Crippen molar-refractivity contribution in [1.82, 2.24) is 14.7 Å². The summed E-state index contributed by atoms with van der Waals surface area (Å²) in [6.45, 7) is 6.05. The Morgan fingerprint density at radius 3 is 2.59 bits per heavy atom. The number of morpholine rings is 1. The second kappa shape index (κ2) is 10.3. The number of benzene rings is 1. The van der Waals surface area contributed by atoms with E-state index in [1.54, 1.807) is 0 Å². The second-order valence-corrected chi connectivity index (χ2v) is 7.43. The zero-order chi connectivity index (χ0) is 23.3. The summed E-state index contributed by atoms with van der Waals surface area (Å²) in [5.41, 5.74) is 0.563. The molecular formula is C20H25FN6O5. The van der Waals surface area contributed by atoms with E-state index in [0.717, 1.165) is 19.2 Å². The maximum absolute atomic E-state index is 14.2. The highest BCUT2D eigenvalue weighted by Gasteiger charge is 2.23. The molecule has 0 aliphatic carbocycles. The molecule has 2 heterocycles. The van der Waals surface area contributed by atoms with Gasteiger partial charge in [-0.1, -0.05) is 0 Å². The van der Waals surface area contributed by atoms with Crippen molar-refractivity contribution in [2.75, 3.05) is 43.5 Å². The van der Waals surface area contributed by atoms with E-state index in [1.807, 2.05) is 0 Å². The molecule has 0 spiro atoms. The minimum Gasteiger partial charge on any atom is -0.379 e. The number of nitrogens with zero attached hydrogens (tertiary/aromatic N) is 4. The Morgan fingerprint density at radius 2 is 1.94 bits per heavy atom. The van der Waals surface area contributed by atoms with Crippen molar-refractivity contribution in [3.63, 3.8) is 0 Å². The number of rotatable bonds is 8. The number of carbonyl (C=O) groups excluding carboxylic acids is 2. The van der Waals surface area contributed by atoms with Gasteiger partial charge in [-0.2, -0.15) is 5.10 Å². The number of amides is 2. The normalized spacial score (nSPS) is 14.2. The SMILES string of the molecule is Cc1nn(CC(=O)Nc2ccc(F)c(NC(=O)CCN3CCOCC3)c2)c(C)c1[N+](=O)[O-]. The lowest BCUT2D eigenvalue weighted by atomic mass is 10.2. The summed E-state index contributed by atoms with van der Waals surface area (Å²) in [6, 6.07) is 3.82. The summed E-state index contributed by atoms with van der Waals surface area (Å²) in [6.07, 6.45) is 0.201. The Morgan fingerprint density at radius 1 is 1.22 bits per heavy atom. The Balaban J connectivity index is 1.59. The largest absolute Gasteiger partial charge is 0.379 e. The average Bonchev–Trinajstić information content (AvgIpc) is 3.02. The van der Waals surface area contributed by atoms with Crippen LogP contribution in [0.25, 0.3) is 0 Å². The first-order valence-corrected chi connectivity index (χ1v) is 10.1. The van der Waals surface area contributed by atoms with E-state index in [9.17, 15) is 24.1 Å². The smallest absolute Gasteiger partial charge is 0.312 e. The van der Waals surface area contributed by atoms with Gasteiger partial charge in [0.2, 0.25) is 11.8 Å². The van der Waals surface area contributed by atoms with Crippen molar-refractivity contribution in [2.24, 2.45) is 0 Å². The van der Waals surface area contributed by atoms with Crippen LogP contribution in [0.3, 0.4) is 0 Å². The number of halogens is 1. The van der Waals surface area contributed by atoms with Crippen molar-refractivity contribution in [2.45, 2.75) is 26.8 Å². The van der Waals surface area contributed by atoms with Crippen molar-refractivity contribution in [3.8, 4) is 0 Å². The second-order valence-electron chi connectivity index (χ2n) is 7.43. The Hall–Kier alpha value is -3.38. The van der Waals surface area contributed by atoms with Crippen LogP contribution in [0.2, 0.25) is 0 Å². The van der Waals surface area contributed by atoms with Crippen LogP contribution in [-0.2, 0) is 20.9 Å². The van der Waals surface area contributed by atoms with Crippen molar-refractivity contribution < 1.29 is 23.6 Å². The van der Waals surface area contributed by atoms with Crippen LogP contribution in [0.1, 0.15) is 17.8 Å². The fourth-order valence-electron chi connectivity index (χ4n) is 3.44. The Labute approximate surface area is 183 Å². The number of hydrogen-bond acceptors (Lipinski definition) is 7. The van der Waals surface area contributed by atoms with E-state index >= 15 is 0 Å². The fourth-order valence-corrected chi connectivity index (χ4v) is 3.44. The third kappa shape index (κ3) is 5.86. The molecule has 0 bridgehead atoms. The molecule has 0 atom stereocenters. The standard InChI is InChI=1S/C20H25FN6O5/c1-13-20(27(30)31)14(2)26(24-13)12-19(29)22-15-3-4-16(21)17(11-15)23-18(28)5-6-25-7-9-32-10-8-25/h3-4,11H,5-10,12H2,1-2H3,(H,22,29)(H,23,28). The highest BCUT2D eigenvalue weighted by atomic mass is 19.1. The number of aromatic nitrogens is 2. The number of hydrogen-bond donors (Lipinski definition) is 2. The summed E-state index contributed by atoms with van der Waals surface area (Å²) in [4.78, 5) is 37.3. The van der Waals surface area contributed by atoms with Gasteiger partial charge in [0, 0.05) is 31.7 Å². The molecule has 3 rings (SSSR count). The third-order valence-corrected chi connectivity index (χ3v) is 5.10. The summed E-state index contributed by atoms with van der Waals surface area (Å²) in [5.74, 6) is -1.47. The van der Waals surface area contributed by atoms with Crippen LogP contribution in [0.5, 0.6) is 0 Å². The van der Waals surface area contributed by atoms with Gasteiger partial charge in [-0.15, -0.1) is 0 Å². The van der Waals surface area contributed by atoms with Crippen LogP contribution in [0.4, 0.5) is 21.5 Å². The monoisotopic (exact) mass is 448 g/mol. The molecule has 0 saturated carbocycles. The summed E-state index contributed by atoms with van der Waals surface area (Å²) in [5, 5.41) is 20.2. The highest BCUT2D eigenvalue weighted by Crippen LogP contribution is 2.23. The molecule has 1 fully saturated rings. The minimum absolute atomic E-state index is 0.0449. The van der Waals surface area contributed by atoms with Gasteiger partial charge in [0.15, 0.2) is 0 Å². The number of carbonyl (C=O) groups is 2. The predicted molar refractivity (Wildman–Crippen MR) is 114 cm³/mol. The third-order valence-electron chi connectivity index (χ3n) is 5.10. The van der Waals surface area contributed by atoms with E-state index in [1.165, 1.54) is 30.7 Å². The van der Waals surface area contributed by atoms with Crippen LogP contribution in [0, 0.1) is 29.8 Å². The lowest BCUT2D eigenvalue weighted by Crippen LogP contribution is -2.38. The fraction of sp³-hybridized carbons (Fsp3) is 0.450. The first-order valence-electron chi connectivity index (χ1n) is 10.1. The zero-order valence-electron chi connectivity index (χ0n) is 17.9. The summed E-state index contributed by atoms with van der Waals surface area (Å²) >= 11 is 0. The number of ether oxygens (including phenoxy) is 1. The molecule has 2 N–H and O–H groups in total. The van der Waals surface area contributed by atoms with E-state index in [0.29, 0.717) is 19.8 Å². The lowest BCUT2D eigenvalue weighted by molar-refractivity contribution is -0.386. The lowest BCUT2D eigenvalue weighted by Gasteiger charge is -2.26. The van der Waals surface area contributed by atoms with Gasteiger partial charge in [0.25, 0.3) is 0 Å². The molecule has 12 heteroatoms. The molecule has 172 valence electrons. The molecule has 2 amide bonds. The summed E-state index contributed by atoms with van der Waals surface area (Å²) in [7, 11) is 0. The molecule has 1 aliphatic heterocycles. The van der Waals surface area contributed by atoms with E-state index in [-0.39, 0.29) is 47.3 Å². The first-order chi connectivity index (χ1) is 15.2. The molecular weight excluding hydrogens is 423 g/mol. The maximum atomic E-state index is 14.2. The van der Waals surface area contributed by atoms with Crippen molar-refractivity contribution in [3.05, 3.63) is 45.5 Å².